The van der Waals surface area contributed by atoms with Gasteiger partial charge in [0, 0.05) is 17.1 Å². The van der Waals surface area contributed by atoms with Crippen molar-refractivity contribution in [3.63, 3.8) is 0 Å². The summed E-state index contributed by atoms with van der Waals surface area (Å²) in [6, 6.07) is 22.6. The topological polar surface area (TPSA) is 115 Å². The van der Waals surface area contributed by atoms with Crippen molar-refractivity contribution in [1.29, 1.82) is 0 Å². The first-order valence-electron chi connectivity index (χ1n) is 9.87. The van der Waals surface area contributed by atoms with Crippen LogP contribution in [0.4, 0.5) is 11.5 Å². The van der Waals surface area contributed by atoms with E-state index in [0.29, 0.717) is 16.8 Å². The van der Waals surface area contributed by atoms with Gasteiger partial charge in [0.25, 0.3) is 5.91 Å². The molecule has 8 nitrogen and oxygen atoms in total. The Hall–Kier alpha value is -4.72. The lowest BCUT2D eigenvalue weighted by atomic mass is 10.0. The lowest BCUT2D eigenvalue weighted by Crippen LogP contribution is -2.30. The minimum absolute atomic E-state index is 0.152. The Balaban J connectivity index is 1.37. The number of carbonyl (C=O) groups excluding carboxylic acids is 1. The molecule has 0 aliphatic heterocycles. The minimum Gasteiger partial charge on any atom is -0.435 e. The fraction of sp³-hybridized carbons (Fsp3) is 0. The maximum absolute atomic E-state index is 12.8. The minimum atomic E-state index is -0.319. The summed E-state index contributed by atoms with van der Waals surface area (Å²) in [5.74, 6) is 0.566. The quantitative estimate of drug-likeness (QED) is 0.362. The number of ether oxygens (including phenoxy) is 1. The van der Waals surface area contributed by atoms with Gasteiger partial charge in [-0.2, -0.15) is 4.98 Å². The Labute approximate surface area is 183 Å². The van der Waals surface area contributed by atoms with Crippen molar-refractivity contribution in [3.8, 4) is 11.6 Å². The zero-order valence-electron chi connectivity index (χ0n) is 16.8. The van der Waals surface area contributed by atoms with Gasteiger partial charge in [-0.05, 0) is 29.0 Å². The zero-order chi connectivity index (χ0) is 21.9. The highest BCUT2D eigenvalue weighted by Gasteiger charge is 2.14. The zero-order valence-corrected chi connectivity index (χ0v) is 16.8. The van der Waals surface area contributed by atoms with E-state index >= 15 is 0 Å². The van der Waals surface area contributed by atoms with Crippen molar-refractivity contribution < 1.29 is 9.53 Å². The van der Waals surface area contributed by atoms with Crippen LogP contribution in [0, 0.1) is 0 Å². The van der Waals surface area contributed by atoms with Gasteiger partial charge in [0.05, 0.1) is 0 Å². The highest BCUT2D eigenvalue weighted by Crippen LogP contribution is 2.32. The highest BCUT2D eigenvalue weighted by atomic mass is 16.5. The van der Waals surface area contributed by atoms with Gasteiger partial charge >= 0.3 is 0 Å². The van der Waals surface area contributed by atoms with E-state index in [2.05, 4.69) is 25.8 Å². The van der Waals surface area contributed by atoms with Crippen LogP contribution in [0.25, 0.3) is 21.7 Å². The molecule has 156 valence electrons. The maximum Gasteiger partial charge on any atom is 0.270 e. The number of anilines is 2. The number of rotatable bonds is 5. The van der Waals surface area contributed by atoms with Crippen LogP contribution >= 0.6 is 0 Å². The standard InChI is InChI=1S/C24H18N6O2/c25-20-22(29-30-23(31)18-11-3-7-15-6-1-2-10-17(15)18)27-14-28-24(20)32-19-12-4-8-16-9-5-13-26-21(16)19/h1-14H,25H2,(H,30,31)(H,27,28,29). The molecule has 2 aromatic heterocycles. The van der Waals surface area contributed by atoms with Crippen LogP contribution in [0.5, 0.6) is 11.6 Å². The first-order chi connectivity index (χ1) is 15.7. The number of para-hydroxylation sites is 1. The third-order valence-electron chi connectivity index (χ3n) is 4.98. The van der Waals surface area contributed by atoms with Crippen LogP contribution in [0.1, 0.15) is 10.4 Å². The second-order valence-corrected chi connectivity index (χ2v) is 6.98. The van der Waals surface area contributed by atoms with E-state index in [1.807, 2.05) is 60.7 Å². The normalized spacial score (nSPS) is 10.8. The van der Waals surface area contributed by atoms with E-state index in [-0.39, 0.29) is 23.3 Å². The number of pyridine rings is 1. The number of benzene rings is 3. The molecule has 0 aliphatic carbocycles. The number of hydrogen-bond donors (Lipinski definition) is 3. The summed E-state index contributed by atoms with van der Waals surface area (Å²) in [6.07, 6.45) is 2.99. The number of fused-ring (bicyclic) bond motifs is 2. The van der Waals surface area contributed by atoms with Gasteiger partial charge in [-0.15, -0.1) is 0 Å². The van der Waals surface area contributed by atoms with Gasteiger partial charge in [0.1, 0.15) is 17.5 Å². The summed E-state index contributed by atoms with van der Waals surface area (Å²) in [6.45, 7) is 0. The molecule has 1 amide bonds. The Morgan fingerprint density at radius 1 is 0.844 bits per heavy atom. The van der Waals surface area contributed by atoms with Gasteiger partial charge in [-0.1, -0.05) is 54.6 Å². The Bertz CT molecular complexity index is 1440. The fourth-order valence-corrected chi connectivity index (χ4v) is 3.43. The van der Waals surface area contributed by atoms with Crippen LogP contribution in [0.15, 0.2) is 85.3 Å². The fourth-order valence-electron chi connectivity index (χ4n) is 3.43. The lowest BCUT2D eigenvalue weighted by Gasteiger charge is -2.13. The van der Waals surface area contributed by atoms with Crippen LogP contribution < -0.4 is 21.3 Å². The van der Waals surface area contributed by atoms with Crippen molar-refractivity contribution in [2.75, 3.05) is 11.2 Å². The molecule has 0 saturated carbocycles. The maximum atomic E-state index is 12.8. The molecule has 32 heavy (non-hydrogen) atoms. The number of amides is 1. The molecule has 0 saturated heterocycles. The molecule has 2 heterocycles. The van der Waals surface area contributed by atoms with Crippen LogP contribution in [0.2, 0.25) is 0 Å². The number of aromatic nitrogens is 3. The smallest absolute Gasteiger partial charge is 0.270 e. The van der Waals surface area contributed by atoms with Gasteiger partial charge < -0.3 is 10.5 Å². The predicted octanol–water partition coefficient (Wildman–Crippen LogP) is 4.31. The van der Waals surface area contributed by atoms with Crippen LogP contribution in [-0.4, -0.2) is 20.9 Å². The molecular weight excluding hydrogens is 404 g/mol. The summed E-state index contributed by atoms with van der Waals surface area (Å²) >= 11 is 0. The van der Waals surface area contributed by atoms with Gasteiger partial charge in [-0.3, -0.25) is 20.6 Å². The monoisotopic (exact) mass is 422 g/mol. The molecular formula is C24H18N6O2. The van der Waals surface area contributed by atoms with E-state index in [9.17, 15) is 4.79 Å². The largest absolute Gasteiger partial charge is 0.435 e. The number of nitrogen functional groups attached to an aromatic ring is 1. The summed E-state index contributed by atoms with van der Waals surface area (Å²) in [4.78, 5) is 25.4. The molecule has 0 radical (unpaired) electrons. The Kier molecular flexibility index (Phi) is 4.93. The van der Waals surface area contributed by atoms with E-state index in [4.69, 9.17) is 10.5 Å². The second kappa shape index (κ2) is 8.19. The summed E-state index contributed by atoms with van der Waals surface area (Å²) in [5.41, 5.74) is 13.0. The molecule has 8 heteroatoms. The average molecular weight is 422 g/mol. The molecule has 5 aromatic rings. The van der Waals surface area contributed by atoms with E-state index in [0.717, 1.165) is 16.2 Å². The van der Waals surface area contributed by atoms with Crippen molar-refractivity contribution in [2.45, 2.75) is 0 Å². The molecule has 0 unspecified atom stereocenters. The summed E-state index contributed by atoms with van der Waals surface area (Å²) in [5, 5.41) is 2.75. The first kappa shape index (κ1) is 19.3. The highest BCUT2D eigenvalue weighted by molar-refractivity contribution is 6.07. The van der Waals surface area contributed by atoms with E-state index < -0.39 is 0 Å². The van der Waals surface area contributed by atoms with Gasteiger partial charge in [-0.25, -0.2) is 4.98 Å². The lowest BCUT2D eigenvalue weighted by molar-refractivity contribution is 0.0964. The third kappa shape index (κ3) is 3.61. The molecule has 3 aromatic carbocycles. The van der Waals surface area contributed by atoms with Crippen molar-refractivity contribution in [2.24, 2.45) is 0 Å². The molecule has 0 bridgehead atoms. The van der Waals surface area contributed by atoms with Gasteiger partial charge in [0.2, 0.25) is 5.88 Å². The molecule has 4 N–H and O–H groups in total. The molecule has 0 spiro atoms. The summed E-state index contributed by atoms with van der Waals surface area (Å²) in [7, 11) is 0. The van der Waals surface area contributed by atoms with Gasteiger partial charge in [0.15, 0.2) is 11.6 Å². The number of nitrogens with zero attached hydrogens (tertiary/aromatic N) is 3. The Morgan fingerprint density at radius 3 is 2.56 bits per heavy atom. The SMILES string of the molecule is Nc1c(NNC(=O)c2cccc3ccccc23)ncnc1Oc1cccc2cccnc12. The number of nitrogens with two attached hydrogens (primary N) is 1. The molecule has 0 atom stereocenters. The molecule has 5 rings (SSSR count). The first-order valence-corrected chi connectivity index (χ1v) is 9.87. The Morgan fingerprint density at radius 2 is 1.62 bits per heavy atom. The number of hydrazine groups is 1. The second-order valence-electron chi connectivity index (χ2n) is 6.98. The number of hydrogen-bond acceptors (Lipinski definition) is 7. The molecule has 0 fully saturated rings. The third-order valence-corrected chi connectivity index (χ3v) is 4.98. The predicted molar refractivity (Wildman–Crippen MR) is 123 cm³/mol. The average Bonchev–Trinajstić information content (AvgIpc) is 2.84. The summed E-state index contributed by atoms with van der Waals surface area (Å²) < 4.78 is 5.92. The number of nitrogens with one attached hydrogen (secondary N) is 2. The molecule has 0 aliphatic rings. The van der Waals surface area contributed by atoms with Crippen LogP contribution in [0.3, 0.4) is 0 Å². The number of carbonyl (C=O) groups is 1. The van der Waals surface area contributed by atoms with E-state index in [1.165, 1.54) is 6.33 Å². The van der Waals surface area contributed by atoms with Crippen molar-refractivity contribution >= 4 is 39.1 Å². The van der Waals surface area contributed by atoms with E-state index in [1.54, 1.807) is 18.3 Å². The van der Waals surface area contributed by atoms with Crippen LogP contribution in [-0.2, 0) is 0 Å². The van der Waals surface area contributed by atoms with Crippen molar-refractivity contribution in [1.82, 2.24) is 20.4 Å². The van der Waals surface area contributed by atoms with Crippen molar-refractivity contribution in [3.05, 3.63) is 90.9 Å².